The molecule has 2 aliphatic rings. The number of carbonyl (C=O) groups is 1. The molecule has 0 aromatic heterocycles. The lowest BCUT2D eigenvalue weighted by Crippen LogP contribution is -2.46. The van der Waals surface area contributed by atoms with Gasteiger partial charge in [0.05, 0.1) is 6.04 Å². The molecule has 1 aromatic carbocycles. The minimum Gasteiger partial charge on any atom is -0.338 e. The first-order valence-electron chi connectivity index (χ1n) is 6.94. The van der Waals surface area contributed by atoms with Crippen molar-refractivity contribution < 1.29 is 4.79 Å². The lowest BCUT2D eigenvalue weighted by molar-refractivity contribution is -0.133. The molecule has 0 radical (unpaired) electrons. The average molecular weight is 276 g/mol. The van der Waals surface area contributed by atoms with Gasteiger partial charge in [-0.1, -0.05) is 30.3 Å². The first kappa shape index (κ1) is 13.0. The zero-order chi connectivity index (χ0) is 13.2. The normalized spacial score (nSPS) is 30.8. The van der Waals surface area contributed by atoms with E-state index in [0.29, 0.717) is 12.0 Å². The lowest BCUT2D eigenvalue weighted by Gasteiger charge is -2.27. The van der Waals surface area contributed by atoms with Crippen molar-refractivity contribution in [2.24, 2.45) is 0 Å². The molecule has 3 unspecified atom stereocenters. The number of hydrogen-bond acceptors (Lipinski definition) is 3. The number of nitrogens with one attached hydrogen (secondary N) is 1. The quantitative estimate of drug-likeness (QED) is 0.897. The predicted molar refractivity (Wildman–Crippen MR) is 79.2 cm³/mol. The van der Waals surface area contributed by atoms with Crippen molar-refractivity contribution in [1.82, 2.24) is 10.2 Å². The van der Waals surface area contributed by atoms with Crippen molar-refractivity contribution >= 4 is 17.7 Å². The molecule has 0 aliphatic carbocycles. The number of amides is 1. The summed E-state index contributed by atoms with van der Waals surface area (Å²) in [5.74, 6) is 2.59. The fourth-order valence-electron chi connectivity index (χ4n) is 3.15. The van der Waals surface area contributed by atoms with E-state index in [1.165, 1.54) is 5.56 Å². The third-order valence-electron chi connectivity index (χ3n) is 4.28. The first-order chi connectivity index (χ1) is 9.27. The summed E-state index contributed by atoms with van der Waals surface area (Å²) in [5.41, 5.74) is 1.36. The van der Waals surface area contributed by atoms with Gasteiger partial charge in [0.1, 0.15) is 0 Å². The molecule has 2 aliphatic heterocycles. The van der Waals surface area contributed by atoms with Crippen LogP contribution in [0, 0.1) is 0 Å². The van der Waals surface area contributed by atoms with Gasteiger partial charge in [0, 0.05) is 30.1 Å². The van der Waals surface area contributed by atoms with Crippen LogP contribution < -0.4 is 5.32 Å². The van der Waals surface area contributed by atoms with Gasteiger partial charge in [-0.15, -0.1) is 11.8 Å². The highest BCUT2D eigenvalue weighted by atomic mass is 32.2. The standard InChI is InChI=1S/C15H20N2OS/c1-11-13(12-5-3-2-4-6-12)7-8-17(11)15(18)14-9-19-10-16-14/h2-6,11,13-14,16H,7-10H2,1H3. The first-order valence-corrected chi connectivity index (χ1v) is 8.09. The highest BCUT2D eigenvalue weighted by molar-refractivity contribution is 7.99. The molecule has 3 nitrogen and oxygen atoms in total. The van der Waals surface area contributed by atoms with Crippen molar-refractivity contribution in [2.75, 3.05) is 18.2 Å². The van der Waals surface area contributed by atoms with Crippen LogP contribution in [0.4, 0.5) is 0 Å². The monoisotopic (exact) mass is 276 g/mol. The topological polar surface area (TPSA) is 32.3 Å². The molecule has 1 amide bonds. The van der Waals surface area contributed by atoms with Crippen LogP contribution in [0.1, 0.15) is 24.8 Å². The van der Waals surface area contributed by atoms with Crippen LogP contribution in [0.15, 0.2) is 30.3 Å². The van der Waals surface area contributed by atoms with Crippen LogP contribution in [-0.2, 0) is 4.79 Å². The Kier molecular flexibility index (Phi) is 3.80. The van der Waals surface area contributed by atoms with E-state index in [4.69, 9.17) is 0 Å². The van der Waals surface area contributed by atoms with Crippen LogP contribution in [0.5, 0.6) is 0 Å². The van der Waals surface area contributed by atoms with Crippen molar-refractivity contribution in [1.29, 1.82) is 0 Å². The van der Waals surface area contributed by atoms with Crippen molar-refractivity contribution in [2.45, 2.75) is 31.3 Å². The van der Waals surface area contributed by atoms with Crippen molar-refractivity contribution in [3.8, 4) is 0 Å². The number of likely N-dealkylation sites (tertiary alicyclic amines) is 1. The number of thioether (sulfide) groups is 1. The van der Waals surface area contributed by atoms with Gasteiger partial charge in [-0.25, -0.2) is 0 Å². The Labute approximate surface area is 118 Å². The second-order valence-corrected chi connectivity index (χ2v) is 6.38. The molecular formula is C15H20N2OS. The summed E-state index contributed by atoms with van der Waals surface area (Å²) in [4.78, 5) is 14.6. The molecule has 3 atom stereocenters. The third-order valence-corrected chi connectivity index (χ3v) is 5.22. The predicted octanol–water partition coefficient (Wildman–Crippen LogP) is 2.05. The molecule has 4 heteroatoms. The molecule has 1 N–H and O–H groups in total. The van der Waals surface area contributed by atoms with E-state index in [1.54, 1.807) is 0 Å². The summed E-state index contributed by atoms with van der Waals surface area (Å²) < 4.78 is 0. The lowest BCUT2D eigenvalue weighted by atomic mass is 9.93. The molecular weight excluding hydrogens is 256 g/mol. The smallest absolute Gasteiger partial charge is 0.240 e. The van der Waals surface area contributed by atoms with E-state index in [2.05, 4.69) is 41.4 Å². The van der Waals surface area contributed by atoms with Gasteiger partial charge in [0.15, 0.2) is 0 Å². The average Bonchev–Trinajstić information content (AvgIpc) is 3.08. The molecule has 0 bridgehead atoms. The SMILES string of the molecule is CC1C(c2ccccc2)CCN1C(=O)C1CSCN1. The van der Waals surface area contributed by atoms with Crippen molar-refractivity contribution in [3.63, 3.8) is 0 Å². The fraction of sp³-hybridized carbons (Fsp3) is 0.533. The summed E-state index contributed by atoms with van der Waals surface area (Å²) in [7, 11) is 0. The molecule has 102 valence electrons. The highest BCUT2D eigenvalue weighted by Gasteiger charge is 2.37. The Morgan fingerprint density at radius 3 is 2.84 bits per heavy atom. The van der Waals surface area contributed by atoms with Gasteiger partial charge in [0.2, 0.25) is 5.91 Å². The minimum absolute atomic E-state index is 0.0296. The molecule has 0 spiro atoms. The zero-order valence-corrected chi connectivity index (χ0v) is 12.0. The summed E-state index contributed by atoms with van der Waals surface area (Å²) in [6, 6.07) is 10.9. The highest BCUT2D eigenvalue weighted by Crippen LogP contribution is 2.33. The van der Waals surface area contributed by atoms with Crippen LogP contribution in [-0.4, -0.2) is 41.1 Å². The molecule has 2 heterocycles. The van der Waals surface area contributed by atoms with Gasteiger partial charge in [-0.2, -0.15) is 0 Å². The van der Waals surface area contributed by atoms with Gasteiger partial charge in [-0.3, -0.25) is 10.1 Å². The van der Waals surface area contributed by atoms with Gasteiger partial charge < -0.3 is 4.90 Å². The number of hydrogen-bond donors (Lipinski definition) is 1. The largest absolute Gasteiger partial charge is 0.338 e. The number of carbonyl (C=O) groups excluding carboxylic acids is 1. The Morgan fingerprint density at radius 1 is 1.37 bits per heavy atom. The van der Waals surface area contributed by atoms with Gasteiger partial charge >= 0.3 is 0 Å². The van der Waals surface area contributed by atoms with E-state index in [0.717, 1.165) is 24.6 Å². The minimum atomic E-state index is 0.0296. The number of nitrogens with zero attached hydrogens (tertiary/aromatic N) is 1. The zero-order valence-electron chi connectivity index (χ0n) is 11.2. The van der Waals surface area contributed by atoms with E-state index in [-0.39, 0.29) is 11.9 Å². The fourth-order valence-corrected chi connectivity index (χ4v) is 4.08. The number of benzene rings is 1. The van der Waals surface area contributed by atoms with E-state index >= 15 is 0 Å². The van der Waals surface area contributed by atoms with Crippen LogP contribution in [0.3, 0.4) is 0 Å². The Balaban J connectivity index is 1.71. The molecule has 0 saturated carbocycles. The van der Waals surface area contributed by atoms with Crippen LogP contribution in [0.25, 0.3) is 0 Å². The van der Waals surface area contributed by atoms with E-state index in [1.807, 2.05) is 17.8 Å². The molecule has 2 fully saturated rings. The maximum Gasteiger partial charge on any atom is 0.240 e. The molecule has 1 aromatic rings. The number of rotatable bonds is 2. The molecule has 19 heavy (non-hydrogen) atoms. The summed E-state index contributed by atoms with van der Waals surface area (Å²) in [6.07, 6.45) is 1.08. The Morgan fingerprint density at radius 2 is 2.16 bits per heavy atom. The van der Waals surface area contributed by atoms with Crippen LogP contribution in [0.2, 0.25) is 0 Å². The Hall–Kier alpha value is -1.000. The van der Waals surface area contributed by atoms with E-state index in [9.17, 15) is 4.79 Å². The van der Waals surface area contributed by atoms with Crippen molar-refractivity contribution in [3.05, 3.63) is 35.9 Å². The Bertz CT molecular complexity index is 445. The second-order valence-electron chi connectivity index (χ2n) is 5.35. The maximum absolute atomic E-state index is 12.5. The maximum atomic E-state index is 12.5. The van der Waals surface area contributed by atoms with Gasteiger partial charge in [0.25, 0.3) is 0 Å². The summed E-state index contributed by atoms with van der Waals surface area (Å²) in [5, 5.41) is 3.28. The van der Waals surface area contributed by atoms with Gasteiger partial charge in [-0.05, 0) is 18.9 Å². The van der Waals surface area contributed by atoms with Crippen LogP contribution >= 0.6 is 11.8 Å². The summed E-state index contributed by atoms with van der Waals surface area (Å²) >= 11 is 1.81. The third kappa shape index (κ3) is 2.51. The molecule has 3 rings (SSSR count). The second kappa shape index (κ2) is 5.55. The van der Waals surface area contributed by atoms with E-state index < -0.39 is 0 Å². The summed E-state index contributed by atoms with van der Waals surface area (Å²) in [6.45, 7) is 3.08. The molecule has 2 saturated heterocycles.